The molecular formula is C11H19N3O6P2S. The molecule has 1 aromatic rings. The van der Waals surface area contributed by atoms with E-state index in [-0.39, 0.29) is 28.5 Å². The van der Waals surface area contributed by atoms with Crippen LogP contribution in [0.4, 0.5) is 5.69 Å². The molecule has 0 aromatic heterocycles. The maximum Gasteiger partial charge on any atom is 0.385 e. The third-order valence-corrected chi connectivity index (χ3v) is 10.3. The van der Waals surface area contributed by atoms with Crippen molar-refractivity contribution in [3.8, 4) is 5.75 Å². The number of nitrogens with zero attached hydrogens (tertiary/aromatic N) is 1. The summed E-state index contributed by atoms with van der Waals surface area (Å²) in [5.74, 6) is -0.263. The van der Waals surface area contributed by atoms with Gasteiger partial charge in [-0.15, -0.1) is 0 Å². The Kier molecular flexibility index (Phi) is 6.82. The van der Waals surface area contributed by atoms with Gasteiger partial charge in [-0.2, -0.15) is 0 Å². The van der Waals surface area contributed by atoms with Gasteiger partial charge in [0, 0.05) is 12.1 Å². The number of aryl methyl sites for hydroxylation is 1. The molecule has 4 N–H and O–H groups in total. The molecule has 3 atom stereocenters. The molecule has 0 amide bonds. The third-order valence-electron chi connectivity index (χ3n) is 2.75. The zero-order valence-corrected chi connectivity index (χ0v) is 15.4. The number of rotatable bonds is 8. The lowest BCUT2D eigenvalue weighted by atomic mass is 10.2. The second kappa shape index (κ2) is 7.79. The average Bonchev–Trinajstić information content (AvgIpc) is 2.37. The molecule has 23 heavy (non-hydrogen) atoms. The maximum atomic E-state index is 12.8. The van der Waals surface area contributed by atoms with E-state index >= 15 is 0 Å². The van der Waals surface area contributed by atoms with Gasteiger partial charge in [0.15, 0.2) is 0 Å². The molecule has 1 aromatic carbocycles. The fourth-order valence-electron chi connectivity index (χ4n) is 1.56. The van der Waals surface area contributed by atoms with Crippen molar-refractivity contribution >= 4 is 30.1 Å². The highest BCUT2D eigenvalue weighted by atomic mass is 33.1. The molecule has 0 heterocycles. The van der Waals surface area contributed by atoms with Crippen LogP contribution in [-0.4, -0.2) is 15.9 Å². The SMILES string of the molecule is CCC(C)NP(=O)(Oc1ccc(C)cc1[N+](=O)[O-])SP(N)(=O)O. The van der Waals surface area contributed by atoms with E-state index in [1.807, 2.05) is 6.92 Å². The van der Waals surface area contributed by atoms with Gasteiger partial charge in [0.2, 0.25) is 5.75 Å². The monoisotopic (exact) mass is 383 g/mol. The van der Waals surface area contributed by atoms with Gasteiger partial charge in [-0.05, 0) is 31.9 Å². The van der Waals surface area contributed by atoms with Crippen molar-refractivity contribution in [3.05, 3.63) is 33.9 Å². The Morgan fingerprint density at radius 1 is 1.52 bits per heavy atom. The summed E-state index contributed by atoms with van der Waals surface area (Å²) in [5.41, 5.74) is 5.29. The molecule has 0 aliphatic carbocycles. The standard InChI is InChI=1S/C11H19N3O6P2S/c1-4-9(3)13-22(19,23-21(12,17)18)20-11-6-5-8(2)7-10(11)14(15)16/h5-7,9H,4H2,1-3H3,(H,13,19)(H3,12,17,18). The first-order valence-electron chi connectivity index (χ1n) is 6.61. The molecule has 130 valence electrons. The minimum Gasteiger partial charge on any atom is -0.418 e. The van der Waals surface area contributed by atoms with Crippen LogP contribution in [0.3, 0.4) is 0 Å². The van der Waals surface area contributed by atoms with E-state index in [1.165, 1.54) is 12.1 Å². The van der Waals surface area contributed by atoms with E-state index in [4.69, 9.17) is 10.0 Å². The molecular weight excluding hydrogens is 364 g/mol. The molecule has 0 saturated carbocycles. The largest absolute Gasteiger partial charge is 0.418 e. The minimum atomic E-state index is -4.24. The van der Waals surface area contributed by atoms with Crippen molar-refractivity contribution in [1.82, 2.24) is 5.09 Å². The Bertz CT molecular complexity index is 680. The number of hydrogen-bond donors (Lipinski definition) is 3. The molecule has 0 spiro atoms. The Morgan fingerprint density at radius 3 is 2.61 bits per heavy atom. The van der Waals surface area contributed by atoms with Crippen molar-refractivity contribution in [2.24, 2.45) is 5.50 Å². The molecule has 0 saturated heterocycles. The summed E-state index contributed by atoms with van der Waals surface area (Å²) < 4.78 is 29.5. The molecule has 9 nitrogen and oxygen atoms in total. The van der Waals surface area contributed by atoms with Gasteiger partial charge in [-0.25, -0.2) is 9.65 Å². The number of nitro groups is 1. The fourth-order valence-corrected chi connectivity index (χ4v) is 8.58. The van der Waals surface area contributed by atoms with Crippen molar-refractivity contribution in [3.63, 3.8) is 0 Å². The number of nitrogens with two attached hydrogens (primary N) is 1. The van der Waals surface area contributed by atoms with Crippen molar-refractivity contribution in [2.75, 3.05) is 0 Å². The van der Waals surface area contributed by atoms with Crippen molar-refractivity contribution in [2.45, 2.75) is 33.2 Å². The first kappa shape index (κ1) is 20.2. The van der Waals surface area contributed by atoms with Crippen LogP contribution in [0.5, 0.6) is 5.75 Å². The van der Waals surface area contributed by atoms with Crippen LogP contribution in [0.15, 0.2) is 18.2 Å². The van der Waals surface area contributed by atoms with E-state index in [1.54, 1.807) is 19.9 Å². The Balaban J connectivity index is 3.23. The van der Waals surface area contributed by atoms with E-state index in [9.17, 15) is 24.1 Å². The highest BCUT2D eigenvalue weighted by Gasteiger charge is 2.37. The van der Waals surface area contributed by atoms with E-state index in [0.29, 0.717) is 12.0 Å². The lowest BCUT2D eigenvalue weighted by Crippen LogP contribution is -2.23. The fraction of sp³-hybridized carbons (Fsp3) is 0.455. The second-order valence-corrected chi connectivity index (χ2v) is 12.6. The summed E-state index contributed by atoms with van der Waals surface area (Å²) in [6.45, 7) is -3.08. The highest BCUT2D eigenvalue weighted by Crippen LogP contribution is 2.71. The van der Waals surface area contributed by atoms with Crippen LogP contribution in [0, 0.1) is 17.0 Å². The van der Waals surface area contributed by atoms with E-state index in [2.05, 4.69) is 5.09 Å². The number of nitrogens with one attached hydrogen (secondary N) is 1. The van der Waals surface area contributed by atoms with Crippen molar-refractivity contribution in [1.29, 1.82) is 0 Å². The van der Waals surface area contributed by atoms with Crippen LogP contribution >= 0.6 is 24.4 Å². The molecule has 0 fully saturated rings. The summed E-state index contributed by atoms with van der Waals surface area (Å²) in [7, 11) is 0. The predicted molar refractivity (Wildman–Crippen MR) is 90.6 cm³/mol. The van der Waals surface area contributed by atoms with Crippen LogP contribution in [0.25, 0.3) is 0 Å². The van der Waals surface area contributed by atoms with Gasteiger partial charge >= 0.3 is 19.1 Å². The van der Waals surface area contributed by atoms with Crippen LogP contribution in [-0.2, 0) is 9.13 Å². The van der Waals surface area contributed by atoms with Crippen LogP contribution in [0.1, 0.15) is 25.8 Å². The lowest BCUT2D eigenvalue weighted by Gasteiger charge is -2.23. The summed E-state index contributed by atoms with van der Waals surface area (Å²) in [6.07, 6.45) is 0.560. The second-order valence-electron chi connectivity index (χ2n) is 4.90. The molecule has 12 heteroatoms. The van der Waals surface area contributed by atoms with Gasteiger partial charge in [0.25, 0.3) is 0 Å². The molecule has 0 radical (unpaired) electrons. The molecule has 0 bridgehead atoms. The highest BCUT2D eigenvalue weighted by molar-refractivity contribution is 8.85. The predicted octanol–water partition coefficient (Wildman–Crippen LogP) is 3.57. The first-order chi connectivity index (χ1) is 10.5. The van der Waals surface area contributed by atoms with Crippen molar-refractivity contribution < 1.29 is 23.5 Å². The molecule has 3 unspecified atom stereocenters. The molecule has 0 aliphatic heterocycles. The zero-order chi connectivity index (χ0) is 17.8. The van der Waals surface area contributed by atoms with Crippen LogP contribution in [0.2, 0.25) is 0 Å². The lowest BCUT2D eigenvalue weighted by molar-refractivity contribution is -0.385. The molecule has 1 rings (SSSR count). The topological polar surface area (TPSA) is 145 Å². The van der Waals surface area contributed by atoms with Gasteiger partial charge in [0.05, 0.1) is 15.9 Å². The number of hydrogen-bond acceptors (Lipinski definition) is 6. The smallest absolute Gasteiger partial charge is 0.385 e. The normalized spacial score (nSPS) is 17.8. The summed E-state index contributed by atoms with van der Waals surface area (Å²) in [5, 5.41) is 13.7. The Hall–Kier alpha value is -0.890. The van der Waals surface area contributed by atoms with Gasteiger partial charge in [-0.3, -0.25) is 20.2 Å². The summed E-state index contributed by atoms with van der Waals surface area (Å²) >= 11 is 0.0558. The number of nitro benzene ring substituents is 1. The number of benzene rings is 1. The van der Waals surface area contributed by atoms with Gasteiger partial charge in [-0.1, -0.05) is 13.0 Å². The summed E-state index contributed by atoms with van der Waals surface area (Å²) in [6, 6.07) is 3.78. The van der Waals surface area contributed by atoms with Crippen LogP contribution < -0.4 is 15.1 Å². The third kappa shape index (κ3) is 6.63. The van der Waals surface area contributed by atoms with E-state index < -0.39 is 18.4 Å². The van der Waals surface area contributed by atoms with Gasteiger partial charge in [0.1, 0.15) is 0 Å². The average molecular weight is 383 g/mol. The van der Waals surface area contributed by atoms with E-state index in [0.717, 1.165) is 0 Å². The minimum absolute atomic E-state index is 0.0558. The van der Waals surface area contributed by atoms with Gasteiger partial charge < -0.3 is 9.42 Å². The first-order valence-corrected chi connectivity index (χ1v) is 12.0. The molecule has 0 aliphatic rings. The summed E-state index contributed by atoms with van der Waals surface area (Å²) in [4.78, 5) is 19.7. The Labute approximate surface area is 137 Å². The quantitative estimate of drug-likeness (QED) is 0.348. The Morgan fingerprint density at radius 2 is 2.13 bits per heavy atom. The maximum absolute atomic E-state index is 12.8. The zero-order valence-electron chi connectivity index (χ0n) is 12.8.